The lowest BCUT2D eigenvalue weighted by Gasteiger charge is -2.18. The summed E-state index contributed by atoms with van der Waals surface area (Å²) in [5.74, 6) is 0.177. The van der Waals surface area contributed by atoms with Crippen molar-refractivity contribution in [2.45, 2.75) is 19.8 Å². The Hall–Kier alpha value is -3.26. The van der Waals surface area contributed by atoms with Crippen molar-refractivity contribution in [3.63, 3.8) is 0 Å². The first-order valence-electron chi connectivity index (χ1n) is 9.42. The topological polar surface area (TPSA) is 31.6 Å². The number of H-pyrrole nitrogens is 2. The lowest BCUT2D eigenvalue weighted by atomic mass is 9.83. The van der Waals surface area contributed by atoms with Crippen LogP contribution in [0.15, 0.2) is 79.1 Å². The molecule has 0 aliphatic carbocycles. The van der Waals surface area contributed by atoms with Crippen LogP contribution in [0.5, 0.6) is 0 Å². The molecule has 5 rings (SSSR count). The van der Waals surface area contributed by atoms with Crippen LogP contribution in [0.2, 0.25) is 0 Å². The van der Waals surface area contributed by atoms with Gasteiger partial charge in [-0.05, 0) is 53.8 Å². The monoisotopic (exact) mass is 350 g/mol. The van der Waals surface area contributed by atoms with Gasteiger partial charge < -0.3 is 9.97 Å². The second-order valence-electron chi connectivity index (χ2n) is 7.33. The average Bonchev–Trinajstić information content (AvgIpc) is 3.30. The summed E-state index contributed by atoms with van der Waals surface area (Å²) < 4.78 is 0. The zero-order chi connectivity index (χ0) is 18.4. The van der Waals surface area contributed by atoms with E-state index in [0.29, 0.717) is 0 Å². The molecule has 27 heavy (non-hydrogen) atoms. The van der Waals surface area contributed by atoms with Crippen LogP contribution in [0.3, 0.4) is 0 Å². The molecule has 0 unspecified atom stereocenters. The largest absolute Gasteiger partial charge is 0.361 e. The molecule has 0 atom stereocenters. The number of hydrogen-bond acceptors (Lipinski definition) is 0. The fraction of sp³-hybridized carbons (Fsp3) is 0.120. The number of rotatable bonds is 3. The van der Waals surface area contributed by atoms with Crippen molar-refractivity contribution in [3.05, 3.63) is 107 Å². The summed E-state index contributed by atoms with van der Waals surface area (Å²) in [7, 11) is 0. The zero-order valence-corrected chi connectivity index (χ0v) is 15.6. The molecule has 5 aromatic rings. The summed E-state index contributed by atoms with van der Waals surface area (Å²) in [5, 5.41) is 2.66. The summed E-state index contributed by atoms with van der Waals surface area (Å²) in [6.45, 7) is 4.39. The number of nitrogens with one attached hydrogen (secondary N) is 2. The highest BCUT2D eigenvalue weighted by Crippen LogP contribution is 2.40. The normalized spacial score (nSPS) is 11.7. The molecule has 0 bridgehead atoms. The number of aryl methyl sites for hydroxylation is 2. The van der Waals surface area contributed by atoms with Crippen LogP contribution in [0, 0.1) is 13.8 Å². The minimum absolute atomic E-state index is 0.177. The van der Waals surface area contributed by atoms with Crippen molar-refractivity contribution in [2.75, 3.05) is 0 Å². The molecule has 0 saturated carbocycles. The van der Waals surface area contributed by atoms with E-state index >= 15 is 0 Å². The van der Waals surface area contributed by atoms with Crippen molar-refractivity contribution < 1.29 is 0 Å². The van der Waals surface area contributed by atoms with Crippen molar-refractivity contribution in [1.82, 2.24) is 9.97 Å². The van der Waals surface area contributed by atoms with Crippen LogP contribution < -0.4 is 0 Å². The van der Waals surface area contributed by atoms with Crippen LogP contribution >= 0.6 is 0 Å². The molecule has 0 aliphatic heterocycles. The Morgan fingerprint density at radius 1 is 0.593 bits per heavy atom. The van der Waals surface area contributed by atoms with Crippen LogP contribution in [-0.4, -0.2) is 9.97 Å². The third kappa shape index (κ3) is 2.48. The van der Waals surface area contributed by atoms with Gasteiger partial charge in [-0.1, -0.05) is 54.6 Å². The third-order valence-electron chi connectivity index (χ3n) is 5.64. The lowest BCUT2D eigenvalue weighted by molar-refractivity contribution is 0.996. The van der Waals surface area contributed by atoms with Gasteiger partial charge in [0.05, 0.1) is 0 Å². The van der Waals surface area contributed by atoms with Gasteiger partial charge in [0.2, 0.25) is 0 Å². The Labute approximate surface area is 158 Å². The van der Waals surface area contributed by atoms with Crippen molar-refractivity contribution in [3.8, 4) is 0 Å². The van der Waals surface area contributed by atoms with Crippen molar-refractivity contribution in [2.24, 2.45) is 0 Å². The molecule has 0 fully saturated rings. The van der Waals surface area contributed by atoms with E-state index in [-0.39, 0.29) is 5.92 Å². The van der Waals surface area contributed by atoms with E-state index in [1.807, 2.05) is 0 Å². The predicted octanol–water partition coefficient (Wildman–Crippen LogP) is 6.45. The molecule has 2 heterocycles. The van der Waals surface area contributed by atoms with E-state index in [4.69, 9.17) is 0 Å². The molecule has 0 amide bonds. The SMILES string of the molecule is Cc1cccc2[nH]cc(C(c3ccccc3)c3c[nH]c4cccc(C)c34)c12. The van der Waals surface area contributed by atoms with Gasteiger partial charge in [0.25, 0.3) is 0 Å². The second kappa shape index (κ2) is 6.17. The van der Waals surface area contributed by atoms with Gasteiger partial charge >= 0.3 is 0 Å². The smallest absolute Gasteiger partial charge is 0.0459 e. The van der Waals surface area contributed by atoms with Gasteiger partial charge in [0.15, 0.2) is 0 Å². The van der Waals surface area contributed by atoms with Gasteiger partial charge in [-0.3, -0.25) is 0 Å². The lowest BCUT2D eigenvalue weighted by Crippen LogP contribution is -2.03. The van der Waals surface area contributed by atoms with E-state index in [0.717, 1.165) is 0 Å². The first-order valence-corrected chi connectivity index (χ1v) is 9.42. The number of benzene rings is 3. The van der Waals surface area contributed by atoms with E-state index in [1.165, 1.54) is 49.6 Å². The fourth-order valence-electron chi connectivity index (χ4n) is 4.43. The van der Waals surface area contributed by atoms with E-state index in [9.17, 15) is 0 Å². The van der Waals surface area contributed by atoms with Gasteiger partial charge in [-0.25, -0.2) is 0 Å². The molecule has 2 aromatic heterocycles. The van der Waals surface area contributed by atoms with Crippen molar-refractivity contribution in [1.29, 1.82) is 0 Å². The van der Waals surface area contributed by atoms with Gasteiger partial charge in [-0.15, -0.1) is 0 Å². The molecule has 2 N–H and O–H groups in total. The second-order valence-corrected chi connectivity index (χ2v) is 7.33. The maximum atomic E-state index is 3.49. The fourth-order valence-corrected chi connectivity index (χ4v) is 4.43. The Morgan fingerprint density at radius 3 is 1.63 bits per heavy atom. The van der Waals surface area contributed by atoms with Crippen LogP contribution in [0.4, 0.5) is 0 Å². The van der Waals surface area contributed by atoms with E-state index < -0.39 is 0 Å². The number of aromatic amines is 2. The Kier molecular flexibility index (Phi) is 3.64. The molecule has 0 saturated heterocycles. The average molecular weight is 350 g/mol. The molecule has 3 aromatic carbocycles. The minimum atomic E-state index is 0.177. The highest BCUT2D eigenvalue weighted by atomic mass is 14.7. The highest BCUT2D eigenvalue weighted by Gasteiger charge is 2.24. The van der Waals surface area contributed by atoms with E-state index in [1.54, 1.807) is 0 Å². The third-order valence-corrected chi connectivity index (χ3v) is 5.64. The summed E-state index contributed by atoms with van der Waals surface area (Å²) in [4.78, 5) is 6.99. The maximum Gasteiger partial charge on any atom is 0.0459 e. The van der Waals surface area contributed by atoms with Crippen LogP contribution in [-0.2, 0) is 0 Å². The molecular weight excluding hydrogens is 328 g/mol. The number of fused-ring (bicyclic) bond motifs is 2. The van der Waals surface area contributed by atoms with Crippen LogP contribution in [0.25, 0.3) is 21.8 Å². The first kappa shape index (κ1) is 16.0. The summed E-state index contributed by atoms with van der Waals surface area (Å²) in [6.07, 6.45) is 4.37. The summed E-state index contributed by atoms with van der Waals surface area (Å²) >= 11 is 0. The maximum absolute atomic E-state index is 3.49. The predicted molar refractivity (Wildman–Crippen MR) is 113 cm³/mol. The molecule has 0 radical (unpaired) electrons. The highest BCUT2D eigenvalue weighted by molar-refractivity contribution is 5.92. The first-order chi connectivity index (χ1) is 13.2. The molecule has 132 valence electrons. The standard InChI is InChI=1S/C25H22N2/c1-16-8-6-12-21-23(16)19(14-26-21)25(18-10-4-3-5-11-18)20-15-27-22-13-7-9-17(2)24(20)22/h3-15,25-27H,1-2H3. The Balaban J connectivity index is 1.85. The van der Waals surface area contributed by atoms with Gasteiger partial charge in [-0.2, -0.15) is 0 Å². The number of hydrogen-bond donors (Lipinski definition) is 2. The van der Waals surface area contributed by atoms with Gasteiger partial charge in [0.1, 0.15) is 0 Å². The van der Waals surface area contributed by atoms with Gasteiger partial charge in [0, 0.05) is 40.1 Å². The number of aromatic nitrogens is 2. The zero-order valence-electron chi connectivity index (χ0n) is 15.6. The molecule has 0 spiro atoms. The molecule has 2 nitrogen and oxygen atoms in total. The molecule has 2 heteroatoms. The van der Waals surface area contributed by atoms with Crippen molar-refractivity contribution >= 4 is 21.8 Å². The quantitative estimate of drug-likeness (QED) is 0.375. The molecular formula is C25H22N2. The summed E-state index contributed by atoms with van der Waals surface area (Å²) in [6, 6.07) is 23.8. The van der Waals surface area contributed by atoms with Crippen LogP contribution in [0.1, 0.15) is 33.7 Å². The molecule has 0 aliphatic rings. The summed E-state index contributed by atoms with van der Waals surface area (Å²) in [5.41, 5.74) is 8.98. The Bertz CT molecular complexity index is 1160. The Morgan fingerprint density at radius 2 is 1.11 bits per heavy atom. The minimum Gasteiger partial charge on any atom is -0.361 e. The van der Waals surface area contributed by atoms with E-state index in [2.05, 4.69) is 103 Å².